The molecule has 11 atom stereocenters. The zero-order chi connectivity index (χ0) is 36.3. The number of nitrogens with zero attached hydrogens (tertiary/aromatic N) is 2. The highest BCUT2D eigenvalue weighted by atomic mass is 16.5. The van der Waals surface area contributed by atoms with Crippen molar-refractivity contribution in [3.8, 4) is 0 Å². The van der Waals surface area contributed by atoms with Gasteiger partial charge in [0.05, 0.1) is 12.2 Å². The van der Waals surface area contributed by atoms with E-state index in [9.17, 15) is 24.6 Å². The van der Waals surface area contributed by atoms with Crippen molar-refractivity contribution in [3.05, 3.63) is 47.7 Å². The molecule has 9 heteroatoms. The van der Waals surface area contributed by atoms with Gasteiger partial charge < -0.3 is 25.2 Å². The average Bonchev–Trinajstić information content (AvgIpc) is 3.45. The average molecular weight is 704 g/mol. The van der Waals surface area contributed by atoms with Crippen molar-refractivity contribution in [2.75, 3.05) is 26.2 Å². The highest BCUT2D eigenvalue weighted by Gasteiger charge is 2.62. The molecule has 4 saturated carbocycles. The van der Waals surface area contributed by atoms with E-state index in [2.05, 4.69) is 24.1 Å². The molecule has 1 aromatic carbocycles. The molecule has 9 nitrogen and oxygen atoms in total. The second-order valence-corrected chi connectivity index (χ2v) is 18.3. The number of piperazine rings is 1. The largest absolute Gasteiger partial charge is 0.482 e. The molecular formula is C42H61N3O6. The van der Waals surface area contributed by atoms with E-state index in [1.54, 1.807) is 13.8 Å². The number of hydrogen-bond acceptors (Lipinski definition) is 7. The zero-order valence-corrected chi connectivity index (χ0v) is 31.5. The Morgan fingerprint density at radius 2 is 1.67 bits per heavy atom. The molecule has 2 aliphatic heterocycles. The van der Waals surface area contributed by atoms with Crippen LogP contribution in [0.1, 0.15) is 98.0 Å². The highest BCUT2D eigenvalue weighted by molar-refractivity contribution is 6.03. The predicted molar refractivity (Wildman–Crippen MR) is 195 cm³/mol. The number of carbonyl (C=O) groups excluding carboxylic acids is 3. The Morgan fingerprint density at radius 1 is 0.961 bits per heavy atom. The lowest BCUT2D eigenvalue weighted by atomic mass is 9.44. The quantitative estimate of drug-likeness (QED) is 0.370. The summed E-state index contributed by atoms with van der Waals surface area (Å²) in [6, 6.07) is 8.93. The van der Waals surface area contributed by atoms with E-state index in [1.165, 1.54) is 38.2 Å². The van der Waals surface area contributed by atoms with E-state index in [-0.39, 0.29) is 53.0 Å². The number of aliphatic hydroxyl groups excluding tert-OH is 2. The number of hydrogen-bond donors (Lipinski definition) is 3. The van der Waals surface area contributed by atoms with Crippen LogP contribution < -0.4 is 5.32 Å². The van der Waals surface area contributed by atoms with Crippen LogP contribution in [0.3, 0.4) is 0 Å². The summed E-state index contributed by atoms with van der Waals surface area (Å²) in [7, 11) is 0. The van der Waals surface area contributed by atoms with Gasteiger partial charge in [-0.2, -0.15) is 0 Å². The molecule has 5 fully saturated rings. The number of aliphatic hydroxyl groups is 2. The molecule has 1 saturated heterocycles. The van der Waals surface area contributed by atoms with Crippen LogP contribution >= 0.6 is 0 Å². The Balaban J connectivity index is 1.02. The van der Waals surface area contributed by atoms with Gasteiger partial charge in [-0.05, 0) is 118 Å². The molecule has 0 radical (unpaired) electrons. The fraction of sp³-hybridized carbons (Fsp3) is 0.738. The number of fused-ring (bicyclic) bond motifs is 5. The van der Waals surface area contributed by atoms with Crippen LogP contribution in [0.5, 0.6) is 0 Å². The standard InChI is InChI=1S/C42H61N3O6/c1-26(46)31-13-14-32-30-12-11-28-22-36(48)35(25-42(28,5)33(30)15-16-41(31,32)4)44-17-19-45(20-18-44)39(50)34(21-27-9-7-6-8-10-27)43-38(49)37-23-29(47)24-40(2,3)51-37/h6-10,23,26,28,30-36,46,48H,11-22,24-25H2,1-5H3,(H,43,49)/t26-,28+,30+,31-,32+,33+,34-,35+,36+,41-,42+/m1/s1. The molecule has 0 bridgehead atoms. The van der Waals surface area contributed by atoms with E-state index in [1.807, 2.05) is 42.2 Å². The minimum Gasteiger partial charge on any atom is -0.482 e. The summed E-state index contributed by atoms with van der Waals surface area (Å²) >= 11 is 0. The molecule has 51 heavy (non-hydrogen) atoms. The molecule has 1 aromatic rings. The van der Waals surface area contributed by atoms with E-state index >= 15 is 0 Å². The Morgan fingerprint density at radius 3 is 2.35 bits per heavy atom. The molecule has 280 valence electrons. The van der Waals surface area contributed by atoms with Gasteiger partial charge in [0.1, 0.15) is 11.6 Å². The third kappa shape index (κ3) is 6.92. The van der Waals surface area contributed by atoms with Crippen molar-refractivity contribution in [2.24, 2.45) is 40.4 Å². The summed E-state index contributed by atoms with van der Waals surface area (Å²) in [4.78, 5) is 44.2. The summed E-state index contributed by atoms with van der Waals surface area (Å²) in [5.74, 6) is 2.08. The van der Waals surface area contributed by atoms with E-state index < -0.39 is 17.6 Å². The summed E-state index contributed by atoms with van der Waals surface area (Å²) in [6.45, 7) is 13.0. The second kappa shape index (κ2) is 13.9. The van der Waals surface area contributed by atoms with Gasteiger partial charge in [0.25, 0.3) is 5.91 Å². The summed E-state index contributed by atoms with van der Waals surface area (Å²) in [5, 5.41) is 25.2. The van der Waals surface area contributed by atoms with Crippen molar-refractivity contribution in [1.82, 2.24) is 15.1 Å². The van der Waals surface area contributed by atoms with E-state index in [4.69, 9.17) is 4.74 Å². The Hall–Kier alpha value is -2.75. The van der Waals surface area contributed by atoms with E-state index in [0.717, 1.165) is 24.8 Å². The van der Waals surface area contributed by atoms with Gasteiger partial charge in [0, 0.05) is 51.1 Å². The Labute approximate surface area is 304 Å². The van der Waals surface area contributed by atoms with Gasteiger partial charge in [0.15, 0.2) is 11.5 Å². The van der Waals surface area contributed by atoms with Crippen LogP contribution in [0.2, 0.25) is 0 Å². The van der Waals surface area contributed by atoms with Gasteiger partial charge in [-0.3, -0.25) is 19.3 Å². The molecule has 0 aromatic heterocycles. The van der Waals surface area contributed by atoms with Crippen molar-refractivity contribution < 1.29 is 29.3 Å². The molecule has 2 amide bonds. The lowest BCUT2D eigenvalue weighted by molar-refractivity contribution is -0.156. The maximum absolute atomic E-state index is 14.1. The monoisotopic (exact) mass is 703 g/mol. The molecular weight excluding hydrogens is 642 g/mol. The van der Waals surface area contributed by atoms with Gasteiger partial charge in [-0.25, -0.2) is 0 Å². The summed E-state index contributed by atoms with van der Waals surface area (Å²) in [5.41, 5.74) is 0.566. The number of allylic oxidation sites excluding steroid dienone is 1. The number of ketones is 1. The van der Waals surface area contributed by atoms with Crippen molar-refractivity contribution in [2.45, 2.75) is 129 Å². The Kier molecular flexibility index (Phi) is 9.98. The highest BCUT2D eigenvalue weighted by Crippen LogP contribution is 2.68. The van der Waals surface area contributed by atoms with Gasteiger partial charge in [0.2, 0.25) is 5.91 Å². The zero-order valence-electron chi connectivity index (χ0n) is 31.5. The molecule has 6 aliphatic rings. The predicted octanol–water partition coefficient (Wildman–Crippen LogP) is 4.89. The fourth-order valence-electron chi connectivity index (χ4n) is 12.3. The third-order valence-electron chi connectivity index (χ3n) is 14.8. The number of amides is 2. The first kappa shape index (κ1) is 36.6. The topological polar surface area (TPSA) is 119 Å². The van der Waals surface area contributed by atoms with Crippen LogP contribution in [0, 0.1) is 40.4 Å². The normalized spacial score (nSPS) is 39.0. The first-order valence-corrected chi connectivity index (χ1v) is 19.9. The minimum atomic E-state index is -0.809. The molecule has 7 rings (SSSR count). The van der Waals surface area contributed by atoms with Crippen LogP contribution in [0.25, 0.3) is 0 Å². The molecule has 0 unspecified atom stereocenters. The number of rotatable bonds is 7. The van der Waals surface area contributed by atoms with E-state index in [0.29, 0.717) is 62.2 Å². The SMILES string of the molecule is C[C@@H](O)[C@H]1CC[C@H]2[C@@H]3CC[C@H]4C[C@H](O)[C@@H](N5CCN(C(=O)[C@@H](Cc6ccccc6)NC(=O)C6=CC(=O)CC(C)(C)O6)CC5)C[C@]4(C)[C@H]3CC[C@]12C. The van der Waals surface area contributed by atoms with Crippen LogP contribution in [-0.2, 0) is 25.5 Å². The van der Waals surface area contributed by atoms with Gasteiger partial charge in [-0.15, -0.1) is 0 Å². The van der Waals surface area contributed by atoms with Crippen molar-refractivity contribution in [3.63, 3.8) is 0 Å². The number of nitrogens with one attached hydrogen (secondary N) is 1. The first-order chi connectivity index (χ1) is 24.2. The molecule has 3 N–H and O–H groups in total. The molecule has 2 heterocycles. The fourth-order valence-corrected chi connectivity index (χ4v) is 12.3. The van der Waals surface area contributed by atoms with Crippen LogP contribution in [0.15, 0.2) is 42.2 Å². The second-order valence-electron chi connectivity index (χ2n) is 18.3. The van der Waals surface area contributed by atoms with Crippen molar-refractivity contribution in [1.29, 1.82) is 0 Å². The first-order valence-electron chi connectivity index (χ1n) is 19.9. The maximum Gasteiger partial charge on any atom is 0.287 e. The molecule has 0 spiro atoms. The number of ether oxygens (including phenoxy) is 1. The van der Waals surface area contributed by atoms with Crippen LogP contribution in [0.4, 0.5) is 0 Å². The summed E-state index contributed by atoms with van der Waals surface area (Å²) in [6.07, 6.45) is 10.3. The van der Waals surface area contributed by atoms with Crippen LogP contribution in [-0.4, -0.2) is 93.7 Å². The number of benzene rings is 1. The summed E-state index contributed by atoms with van der Waals surface area (Å²) < 4.78 is 5.85. The smallest absolute Gasteiger partial charge is 0.287 e. The third-order valence-corrected chi connectivity index (χ3v) is 14.8. The lowest BCUT2D eigenvalue weighted by Gasteiger charge is -2.63. The maximum atomic E-state index is 14.1. The minimum absolute atomic E-state index is 0.0479. The van der Waals surface area contributed by atoms with Gasteiger partial charge in [-0.1, -0.05) is 44.2 Å². The Bertz CT molecular complexity index is 1500. The van der Waals surface area contributed by atoms with Gasteiger partial charge >= 0.3 is 0 Å². The van der Waals surface area contributed by atoms with Crippen molar-refractivity contribution >= 4 is 17.6 Å². The number of carbonyl (C=O) groups is 3. The molecule has 4 aliphatic carbocycles. The lowest BCUT2D eigenvalue weighted by Crippen LogP contribution is -2.63.